The van der Waals surface area contributed by atoms with Gasteiger partial charge in [0, 0.05) is 12.1 Å². The lowest BCUT2D eigenvalue weighted by Gasteiger charge is -2.22. The van der Waals surface area contributed by atoms with Crippen LogP contribution in [0.3, 0.4) is 0 Å². The molecule has 0 spiro atoms. The average molecular weight is 363 g/mol. The summed E-state index contributed by atoms with van der Waals surface area (Å²) >= 11 is 0. The molecule has 2 heterocycles. The molecule has 2 aromatic heterocycles. The molecule has 140 valence electrons. The maximum atomic E-state index is 11.7. The van der Waals surface area contributed by atoms with Crippen molar-refractivity contribution in [1.82, 2.24) is 14.5 Å². The smallest absolute Gasteiger partial charge is 0.337 e. The van der Waals surface area contributed by atoms with Crippen molar-refractivity contribution in [2.75, 3.05) is 7.11 Å². The van der Waals surface area contributed by atoms with Crippen molar-refractivity contribution >= 4 is 17.1 Å². The standard InChI is InChI=1S/C22H25N3O2/c1-15-12-19-21(23-13-15)25(20(24-19)17-6-4-3-5-7-17)14-16-8-10-18(11-9-16)22(26)27-2/h8-13,17H,3-7,14H2,1-2H3. The van der Waals surface area contributed by atoms with Crippen LogP contribution in [0.25, 0.3) is 11.2 Å². The van der Waals surface area contributed by atoms with Crippen LogP contribution in [-0.4, -0.2) is 27.6 Å². The molecule has 0 atom stereocenters. The Kier molecular flexibility index (Phi) is 4.92. The van der Waals surface area contributed by atoms with Gasteiger partial charge in [0.1, 0.15) is 11.3 Å². The third kappa shape index (κ3) is 3.59. The van der Waals surface area contributed by atoms with Gasteiger partial charge in [0.15, 0.2) is 5.65 Å². The number of hydrogen-bond acceptors (Lipinski definition) is 4. The van der Waals surface area contributed by atoms with E-state index in [1.807, 2.05) is 30.5 Å². The van der Waals surface area contributed by atoms with Crippen LogP contribution in [0, 0.1) is 6.92 Å². The molecule has 5 nitrogen and oxygen atoms in total. The highest BCUT2D eigenvalue weighted by molar-refractivity contribution is 5.89. The molecular formula is C22H25N3O2. The molecule has 0 amide bonds. The number of aromatic nitrogens is 3. The first-order valence-corrected chi connectivity index (χ1v) is 9.66. The normalized spacial score (nSPS) is 15.2. The molecule has 1 saturated carbocycles. The van der Waals surface area contributed by atoms with Gasteiger partial charge in [0.05, 0.1) is 19.2 Å². The minimum Gasteiger partial charge on any atom is -0.465 e. The molecule has 5 heteroatoms. The number of fused-ring (bicyclic) bond motifs is 1. The first kappa shape index (κ1) is 17.7. The van der Waals surface area contributed by atoms with Crippen LogP contribution in [0.2, 0.25) is 0 Å². The molecule has 0 aliphatic heterocycles. The van der Waals surface area contributed by atoms with Crippen molar-refractivity contribution in [1.29, 1.82) is 0 Å². The maximum absolute atomic E-state index is 11.7. The van der Waals surface area contributed by atoms with E-state index in [9.17, 15) is 4.79 Å². The van der Waals surface area contributed by atoms with Gasteiger partial charge in [-0.1, -0.05) is 31.4 Å². The number of pyridine rings is 1. The Balaban J connectivity index is 1.71. The molecule has 0 unspecified atom stereocenters. The molecule has 3 aromatic rings. The topological polar surface area (TPSA) is 57.0 Å². The van der Waals surface area contributed by atoms with Gasteiger partial charge in [-0.2, -0.15) is 0 Å². The lowest BCUT2D eigenvalue weighted by atomic mass is 9.88. The quantitative estimate of drug-likeness (QED) is 0.635. The van der Waals surface area contributed by atoms with E-state index in [0.29, 0.717) is 18.0 Å². The van der Waals surface area contributed by atoms with E-state index in [1.54, 1.807) is 0 Å². The maximum Gasteiger partial charge on any atom is 0.337 e. The molecule has 1 aliphatic carbocycles. The summed E-state index contributed by atoms with van der Waals surface area (Å²) in [6.45, 7) is 2.76. The second-order valence-electron chi connectivity index (χ2n) is 7.43. The van der Waals surface area contributed by atoms with E-state index in [0.717, 1.165) is 28.1 Å². The summed E-state index contributed by atoms with van der Waals surface area (Å²) in [6.07, 6.45) is 8.17. The third-order valence-corrected chi connectivity index (χ3v) is 5.44. The number of nitrogens with zero attached hydrogens (tertiary/aromatic N) is 3. The van der Waals surface area contributed by atoms with Crippen molar-refractivity contribution in [3.63, 3.8) is 0 Å². The van der Waals surface area contributed by atoms with Crippen LogP contribution in [0.4, 0.5) is 0 Å². The molecule has 1 fully saturated rings. The van der Waals surface area contributed by atoms with Gasteiger partial charge in [0.2, 0.25) is 0 Å². The van der Waals surface area contributed by atoms with Crippen LogP contribution in [0.5, 0.6) is 0 Å². The fourth-order valence-corrected chi connectivity index (χ4v) is 4.00. The summed E-state index contributed by atoms with van der Waals surface area (Å²) < 4.78 is 7.05. The lowest BCUT2D eigenvalue weighted by Crippen LogP contribution is -2.13. The van der Waals surface area contributed by atoms with Crippen molar-refractivity contribution in [2.45, 2.75) is 51.5 Å². The lowest BCUT2D eigenvalue weighted by molar-refractivity contribution is 0.0600. The highest BCUT2D eigenvalue weighted by Crippen LogP contribution is 2.34. The summed E-state index contributed by atoms with van der Waals surface area (Å²) in [5.74, 6) is 1.34. The van der Waals surface area contributed by atoms with Gasteiger partial charge >= 0.3 is 5.97 Å². The van der Waals surface area contributed by atoms with Gasteiger partial charge < -0.3 is 9.30 Å². The molecule has 27 heavy (non-hydrogen) atoms. The zero-order valence-corrected chi connectivity index (χ0v) is 15.9. The third-order valence-electron chi connectivity index (χ3n) is 5.44. The Hall–Kier alpha value is -2.69. The van der Waals surface area contributed by atoms with E-state index in [-0.39, 0.29) is 5.97 Å². The average Bonchev–Trinajstić information content (AvgIpc) is 3.06. The van der Waals surface area contributed by atoms with Crippen molar-refractivity contribution < 1.29 is 9.53 Å². The summed E-state index contributed by atoms with van der Waals surface area (Å²) in [5.41, 5.74) is 4.74. The van der Waals surface area contributed by atoms with Crippen LogP contribution < -0.4 is 0 Å². The Morgan fingerprint density at radius 3 is 2.63 bits per heavy atom. The predicted octanol–water partition coefficient (Wildman–Crippen LogP) is 4.62. The molecular weight excluding hydrogens is 338 g/mol. The van der Waals surface area contributed by atoms with Crippen LogP contribution in [0.1, 0.15) is 65.3 Å². The van der Waals surface area contributed by atoms with E-state index in [4.69, 9.17) is 9.72 Å². The van der Waals surface area contributed by atoms with Crippen LogP contribution in [0.15, 0.2) is 36.5 Å². The second-order valence-corrected chi connectivity index (χ2v) is 7.43. The minimum atomic E-state index is -0.310. The molecule has 0 radical (unpaired) electrons. The van der Waals surface area contributed by atoms with Gasteiger partial charge in [-0.05, 0) is 49.1 Å². The monoisotopic (exact) mass is 363 g/mol. The number of imidazole rings is 1. The van der Waals surface area contributed by atoms with E-state index in [2.05, 4.69) is 22.5 Å². The Morgan fingerprint density at radius 2 is 1.93 bits per heavy atom. The molecule has 4 rings (SSSR count). The number of carbonyl (C=O) groups is 1. The number of aryl methyl sites for hydroxylation is 1. The number of esters is 1. The Morgan fingerprint density at radius 1 is 1.19 bits per heavy atom. The van der Waals surface area contributed by atoms with Crippen molar-refractivity contribution in [3.8, 4) is 0 Å². The largest absolute Gasteiger partial charge is 0.465 e. The first-order chi connectivity index (χ1) is 13.2. The number of carbonyl (C=O) groups excluding carboxylic acids is 1. The van der Waals surface area contributed by atoms with Crippen LogP contribution in [-0.2, 0) is 11.3 Å². The number of benzene rings is 1. The second kappa shape index (κ2) is 7.51. The molecule has 0 saturated heterocycles. The van der Waals surface area contributed by atoms with Crippen molar-refractivity contribution in [3.05, 3.63) is 59.0 Å². The Labute approximate surface area is 159 Å². The van der Waals surface area contributed by atoms with E-state index >= 15 is 0 Å². The summed E-state index contributed by atoms with van der Waals surface area (Å²) in [5, 5.41) is 0. The highest BCUT2D eigenvalue weighted by atomic mass is 16.5. The predicted molar refractivity (Wildman–Crippen MR) is 105 cm³/mol. The fraction of sp³-hybridized carbons (Fsp3) is 0.409. The number of ether oxygens (including phenoxy) is 1. The van der Waals surface area contributed by atoms with Crippen LogP contribution >= 0.6 is 0 Å². The zero-order valence-electron chi connectivity index (χ0n) is 15.9. The highest BCUT2D eigenvalue weighted by Gasteiger charge is 2.23. The fourth-order valence-electron chi connectivity index (χ4n) is 4.00. The van der Waals surface area contributed by atoms with Gasteiger partial charge in [-0.15, -0.1) is 0 Å². The van der Waals surface area contributed by atoms with Gasteiger partial charge in [-0.3, -0.25) is 0 Å². The first-order valence-electron chi connectivity index (χ1n) is 9.66. The summed E-state index contributed by atoms with van der Waals surface area (Å²) in [7, 11) is 1.40. The van der Waals surface area contributed by atoms with Gasteiger partial charge in [0.25, 0.3) is 0 Å². The van der Waals surface area contributed by atoms with E-state index in [1.165, 1.54) is 39.2 Å². The summed E-state index contributed by atoms with van der Waals surface area (Å²) in [6, 6.07) is 9.72. The number of rotatable bonds is 4. The molecule has 0 bridgehead atoms. The number of hydrogen-bond donors (Lipinski definition) is 0. The van der Waals surface area contributed by atoms with Crippen molar-refractivity contribution in [2.24, 2.45) is 0 Å². The SMILES string of the molecule is COC(=O)c1ccc(Cn2c(C3CCCCC3)nc3cc(C)cnc32)cc1. The van der Waals surface area contributed by atoms with E-state index < -0.39 is 0 Å². The summed E-state index contributed by atoms with van der Waals surface area (Å²) in [4.78, 5) is 21.3. The number of methoxy groups -OCH3 is 1. The minimum absolute atomic E-state index is 0.310. The molecule has 1 aliphatic rings. The zero-order chi connectivity index (χ0) is 18.8. The molecule has 0 N–H and O–H groups in total. The Bertz CT molecular complexity index is 954. The molecule has 1 aromatic carbocycles. The van der Waals surface area contributed by atoms with Gasteiger partial charge in [-0.25, -0.2) is 14.8 Å².